The van der Waals surface area contributed by atoms with Crippen LogP contribution in [0.4, 0.5) is 0 Å². The van der Waals surface area contributed by atoms with Gasteiger partial charge in [-0.05, 0) is 36.4 Å². The normalized spacial score (nSPS) is 11.0. The first kappa shape index (κ1) is 24.6. The van der Waals surface area contributed by atoms with Crippen LogP contribution in [0.5, 0.6) is 34.5 Å². The molecule has 0 aromatic heterocycles. The van der Waals surface area contributed by atoms with Crippen molar-refractivity contribution in [3.05, 3.63) is 70.8 Å². The van der Waals surface area contributed by atoms with Crippen LogP contribution in [0.25, 0.3) is 24.3 Å². The molecule has 6 nitrogen and oxygen atoms in total. The van der Waals surface area contributed by atoms with Gasteiger partial charge in [-0.1, -0.05) is 24.3 Å². The predicted molar refractivity (Wildman–Crippen MR) is 136 cm³/mol. The fourth-order valence-corrected chi connectivity index (χ4v) is 3.48. The first-order chi connectivity index (χ1) is 16.6. The van der Waals surface area contributed by atoms with E-state index in [2.05, 4.69) is 0 Å². The van der Waals surface area contributed by atoms with Crippen molar-refractivity contribution in [3.8, 4) is 34.5 Å². The highest BCUT2D eigenvalue weighted by atomic mass is 16.5. The van der Waals surface area contributed by atoms with Gasteiger partial charge in [0.15, 0.2) is 0 Å². The van der Waals surface area contributed by atoms with Crippen LogP contribution in [0.15, 0.2) is 48.5 Å². The number of rotatable bonds is 10. The molecule has 0 N–H and O–H groups in total. The van der Waals surface area contributed by atoms with E-state index in [9.17, 15) is 0 Å². The van der Waals surface area contributed by atoms with E-state index in [0.29, 0.717) is 11.5 Å². The van der Waals surface area contributed by atoms with Crippen molar-refractivity contribution in [1.82, 2.24) is 0 Å². The summed E-state index contributed by atoms with van der Waals surface area (Å²) >= 11 is 0. The van der Waals surface area contributed by atoms with Gasteiger partial charge in [-0.3, -0.25) is 0 Å². The zero-order valence-corrected chi connectivity index (χ0v) is 20.4. The summed E-state index contributed by atoms with van der Waals surface area (Å²) in [4.78, 5) is 0. The topological polar surface area (TPSA) is 55.4 Å². The number of methoxy groups -OCH3 is 6. The SMILES string of the molecule is COc1ccc(C=Cc2cc(OC)c(C=Cc3ccc(OC)cc3OC)cc2OC)c(OC)c1. The summed E-state index contributed by atoms with van der Waals surface area (Å²) in [5.74, 6) is 4.33. The van der Waals surface area contributed by atoms with E-state index >= 15 is 0 Å². The van der Waals surface area contributed by atoms with Crippen molar-refractivity contribution in [2.45, 2.75) is 0 Å². The van der Waals surface area contributed by atoms with E-state index in [1.807, 2.05) is 72.8 Å². The third kappa shape index (κ3) is 5.64. The van der Waals surface area contributed by atoms with Crippen LogP contribution in [-0.2, 0) is 0 Å². The Morgan fingerprint density at radius 2 is 0.706 bits per heavy atom. The second-order valence-electron chi connectivity index (χ2n) is 7.22. The molecule has 0 fully saturated rings. The van der Waals surface area contributed by atoms with Crippen LogP contribution < -0.4 is 28.4 Å². The molecule has 0 atom stereocenters. The van der Waals surface area contributed by atoms with Crippen molar-refractivity contribution in [1.29, 1.82) is 0 Å². The molecule has 0 saturated heterocycles. The summed E-state index contributed by atoms with van der Waals surface area (Å²) in [6, 6.07) is 15.2. The average Bonchev–Trinajstić information content (AvgIpc) is 2.90. The van der Waals surface area contributed by atoms with E-state index < -0.39 is 0 Å². The van der Waals surface area contributed by atoms with Gasteiger partial charge in [0, 0.05) is 34.4 Å². The van der Waals surface area contributed by atoms with Gasteiger partial charge in [-0.15, -0.1) is 0 Å². The highest BCUT2D eigenvalue weighted by molar-refractivity contribution is 5.80. The Labute approximate surface area is 200 Å². The van der Waals surface area contributed by atoms with Gasteiger partial charge in [-0.2, -0.15) is 0 Å². The van der Waals surface area contributed by atoms with Crippen molar-refractivity contribution in [3.63, 3.8) is 0 Å². The zero-order chi connectivity index (χ0) is 24.5. The van der Waals surface area contributed by atoms with Gasteiger partial charge in [0.1, 0.15) is 34.5 Å². The Kier molecular flexibility index (Phi) is 8.46. The lowest BCUT2D eigenvalue weighted by molar-refractivity contribution is 0.393. The predicted octanol–water partition coefficient (Wildman–Crippen LogP) is 6.08. The molecule has 3 aromatic carbocycles. The second-order valence-corrected chi connectivity index (χ2v) is 7.22. The first-order valence-corrected chi connectivity index (χ1v) is 10.6. The molecule has 0 aliphatic carbocycles. The van der Waals surface area contributed by atoms with Gasteiger partial charge in [0.25, 0.3) is 0 Å². The molecule has 34 heavy (non-hydrogen) atoms. The van der Waals surface area contributed by atoms with Crippen LogP contribution >= 0.6 is 0 Å². The molecule has 0 aliphatic heterocycles. The van der Waals surface area contributed by atoms with Gasteiger partial charge in [0.05, 0.1) is 42.7 Å². The molecular formula is C28H30O6. The molecule has 0 aliphatic rings. The quantitative estimate of drug-likeness (QED) is 0.341. The lowest BCUT2D eigenvalue weighted by atomic mass is 10.0. The van der Waals surface area contributed by atoms with Crippen LogP contribution in [0.2, 0.25) is 0 Å². The second kappa shape index (κ2) is 11.7. The summed E-state index contributed by atoms with van der Waals surface area (Å²) in [5.41, 5.74) is 3.58. The van der Waals surface area contributed by atoms with Gasteiger partial charge < -0.3 is 28.4 Å². The third-order valence-electron chi connectivity index (χ3n) is 5.35. The summed E-state index contributed by atoms with van der Waals surface area (Å²) in [7, 11) is 9.81. The van der Waals surface area contributed by atoms with Crippen molar-refractivity contribution in [2.75, 3.05) is 42.7 Å². The molecule has 0 saturated carbocycles. The van der Waals surface area contributed by atoms with E-state index in [1.54, 1.807) is 42.7 Å². The fourth-order valence-electron chi connectivity index (χ4n) is 3.48. The van der Waals surface area contributed by atoms with Crippen molar-refractivity contribution < 1.29 is 28.4 Å². The minimum absolute atomic E-state index is 0.714. The van der Waals surface area contributed by atoms with E-state index in [4.69, 9.17) is 28.4 Å². The molecule has 0 radical (unpaired) electrons. The molecule has 6 heteroatoms. The third-order valence-corrected chi connectivity index (χ3v) is 5.35. The monoisotopic (exact) mass is 462 g/mol. The molecule has 0 unspecified atom stereocenters. The van der Waals surface area contributed by atoms with Crippen molar-refractivity contribution >= 4 is 24.3 Å². The standard InChI is InChI=1S/C28H30O6/c1-29-23-13-11-19(27(17-23)33-5)7-9-21-15-26(32-4)22(16-25(21)31-3)10-8-20-12-14-24(30-2)18-28(20)34-6/h7-18H,1-6H3. The number of hydrogen-bond acceptors (Lipinski definition) is 6. The Morgan fingerprint density at radius 1 is 0.382 bits per heavy atom. The highest BCUT2D eigenvalue weighted by Gasteiger charge is 2.10. The van der Waals surface area contributed by atoms with Gasteiger partial charge in [-0.25, -0.2) is 0 Å². The van der Waals surface area contributed by atoms with Crippen LogP contribution in [0.3, 0.4) is 0 Å². The first-order valence-electron chi connectivity index (χ1n) is 10.6. The number of benzene rings is 3. The van der Waals surface area contributed by atoms with E-state index in [-0.39, 0.29) is 0 Å². The summed E-state index contributed by atoms with van der Waals surface area (Å²) in [5, 5.41) is 0. The Morgan fingerprint density at radius 3 is 1.03 bits per heavy atom. The molecule has 0 spiro atoms. The average molecular weight is 463 g/mol. The van der Waals surface area contributed by atoms with Crippen LogP contribution in [0.1, 0.15) is 22.3 Å². The molecular weight excluding hydrogens is 432 g/mol. The number of ether oxygens (including phenoxy) is 6. The molecule has 3 rings (SSSR count). The molecule has 0 heterocycles. The van der Waals surface area contributed by atoms with Gasteiger partial charge in [0.2, 0.25) is 0 Å². The minimum Gasteiger partial charge on any atom is -0.497 e. The Hall–Kier alpha value is -4.06. The maximum absolute atomic E-state index is 5.66. The zero-order valence-electron chi connectivity index (χ0n) is 20.4. The Bertz CT molecular complexity index is 1090. The van der Waals surface area contributed by atoms with Crippen LogP contribution in [-0.4, -0.2) is 42.7 Å². The highest BCUT2D eigenvalue weighted by Crippen LogP contribution is 2.34. The van der Waals surface area contributed by atoms with E-state index in [0.717, 1.165) is 45.3 Å². The molecule has 0 bridgehead atoms. The lowest BCUT2D eigenvalue weighted by Crippen LogP contribution is -1.94. The Balaban J connectivity index is 1.95. The fraction of sp³-hybridized carbons (Fsp3) is 0.214. The lowest BCUT2D eigenvalue weighted by Gasteiger charge is -2.12. The summed E-state index contributed by atoms with van der Waals surface area (Å²) in [6.07, 6.45) is 7.86. The maximum atomic E-state index is 5.66. The van der Waals surface area contributed by atoms with Crippen LogP contribution in [0, 0.1) is 0 Å². The maximum Gasteiger partial charge on any atom is 0.129 e. The largest absolute Gasteiger partial charge is 0.497 e. The molecule has 3 aromatic rings. The molecule has 178 valence electrons. The number of hydrogen-bond donors (Lipinski definition) is 0. The van der Waals surface area contributed by atoms with Crippen molar-refractivity contribution in [2.24, 2.45) is 0 Å². The summed E-state index contributed by atoms with van der Waals surface area (Å²) in [6.45, 7) is 0. The van der Waals surface area contributed by atoms with E-state index in [1.165, 1.54) is 0 Å². The summed E-state index contributed by atoms with van der Waals surface area (Å²) < 4.78 is 32.9. The molecule has 0 amide bonds. The minimum atomic E-state index is 0.714. The smallest absolute Gasteiger partial charge is 0.129 e. The van der Waals surface area contributed by atoms with Gasteiger partial charge >= 0.3 is 0 Å².